The van der Waals surface area contributed by atoms with E-state index in [4.69, 9.17) is 15.7 Å². The molecule has 0 heterocycles. The minimum atomic E-state index is 0.0548. The van der Waals surface area contributed by atoms with Crippen molar-refractivity contribution < 1.29 is 9.94 Å². The Morgan fingerprint density at radius 3 is 2.88 bits per heavy atom. The highest BCUT2D eigenvalue weighted by Crippen LogP contribution is 2.19. The third-order valence-corrected chi connectivity index (χ3v) is 2.40. The number of oxime groups is 1. The monoisotopic (exact) mass is 237 g/mol. The van der Waals surface area contributed by atoms with E-state index >= 15 is 0 Å². The summed E-state index contributed by atoms with van der Waals surface area (Å²) in [7, 11) is 1.55. The molecular formula is C12H19N3O2. The molecule has 94 valence electrons. The standard InChI is InChI=1S/C12H19N3O2/c1-3-6-14-8-9-4-5-11(17-2)10(7-9)12(13)15-16/h4-5,7,14,16H,3,6,8H2,1-2H3,(H2,13,15). The van der Waals surface area contributed by atoms with Crippen LogP contribution < -0.4 is 15.8 Å². The van der Waals surface area contributed by atoms with Gasteiger partial charge in [-0.2, -0.15) is 0 Å². The van der Waals surface area contributed by atoms with Crippen LogP contribution in [-0.4, -0.2) is 24.7 Å². The van der Waals surface area contributed by atoms with Crippen molar-refractivity contribution in [1.29, 1.82) is 0 Å². The SMILES string of the molecule is CCCNCc1ccc(OC)c(C(N)=NO)c1. The lowest BCUT2D eigenvalue weighted by Gasteiger charge is -2.10. The number of methoxy groups -OCH3 is 1. The summed E-state index contributed by atoms with van der Waals surface area (Å²) in [6.45, 7) is 3.83. The van der Waals surface area contributed by atoms with Gasteiger partial charge in [-0.05, 0) is 30.7 Å². The molecule has 0 aliphatic carbocycles. The molecule has 1 aromatic rings. The summed E-state index contributed by atoms with van der Waals surface area (Å²) < 4.78 is 5.16. The molecule has 0 atom stereocenters. The maximum atomic E-state index is 8.70. The Kier molecular flexibility index (Phi) is 5.29. The van der Waals surface area contributed by atoms with Crippen LogP contribution in [-0.2, 0) is 6.54 Å². The van der Waals surface area contributed by atoms with Gasteiger partial charge in [-0.3, -0.25) is 0 Å². The molecule has 0 aromatic heterocycles. The van der Waals surface area contributed by atoms with Crippen LogP contribution in [0.4, 0.5) is 0 Å². The quantitative estimate of drug-likeness (QED) is 0.229. The Bertz CT molecular complexity index is 391. The third kappa shape index (κ3) is 3.64. The van der Waals surface area contributed by atoms with Crippen molar-refractivity contribution in [1.82, 2.24) is 5.32 Å². The summed E-state index contributed by atoms with van der Waals surface area (Å²) >= 11 is 0. The van der Waals surface area contributed by atoms with Gasteiger partial charge >= 0.3 is 0 Å². The molecule has 1 aromatic carbocycles. The first-order valence-corrected chi connectivity index (χ1v) is 5.58. The first-order valence-electron chi connectivity index (χ1n) is 5.58. The van der Waals surface area contributed by atoms with Crippen molar-refractivity contribution in [3.05, 3.63) is 29.3 Å². The number of ether oxygens (including phenoxy) is 1. The summed E-state index contributed by atoms with van der Waals surface area (Å²) in [5.74, 6) is 0.652. The number of amidine groups is 1. The fraction of sp³-hybridized carbons (Fsp3) is 0.417. The van der Waals surface area contributed by atoms with Crippen LogP contribution in [0.1, 0.15) is 24.5 Å². The fourth-order valence-corrected chi connectivity index (χ4v) is 1.53. The minimum absolute atomic E-state index is 0.0548. The van der Waals surface area contributed by atoms with Crippen LogP contribution in [0.15, 0.2) is 23.4 Å². The van der Waals surface area contributed by atoms with Gasteiger partial charge in [-0.25, -0.2) is 0 Å². The van der Waals surface area contributed by atoms with Crippen molar-refractivity contribution in [2.45, 2.75) is 19.9 Å². The molecule has 0 fully saturated rings. The predicted molar refractivity (Wildman–Crippen MR) is 67.5 cm³/mol. The predicted octanol–water partition coefficient (Wildman–Crippen LogP) is 1.29. The molecule has 5 heteroatoms. The van der Waals surface area contributed by atoms with Gasteiger partial charge in [-0.15, -0.1) is 0 Å². The van der Waals surface area contributed by atoms with Gasteiger partial charge in [-0.1, -0.05) is 18.1 Å². The summed E-state index contributed by atoms with van der Waals surface area (Å²) in [5, 5.41) is 15.0. The molecule has 0 amide bonds. The van der Waals surface area contributed by atoms with Gasteiger partial charge in [0.25, 0.3) is 0 Å². The number of nitrogens with one attached hydrogen (secondary N) is 1. The molecule has 5 nitrogen and oxygen atoms in total. The van der Waals surface area contributed by atoms with E-state index in [0.717, 1.165) is 25.1 Å². The van der Waals surface area contributed by atoms with Crippen LogP contribution in [0.3, 0.4) is 0 Å². The van der Waals surface area contributed by atoms with E-state index in [-0.39, 0.29) is 5.84 Å². The van der Waals surface area contributed by atoms with Gasteiger partial charge < -0.3 is 21.0 Å². The highest BCUT2D eigenvalue weighted by Gasteiger charge is 2.08. The Morgan fingerprint density at radius 1 is 1.53 bits per heavy atom. The molecule has 0 spiro atoms. The Balaban J connectivity index is 2.89. The molecule has 0 radical (unpaired) electrons. The lowest BCUT2D eigenvalue weighted by atomic mass is 10.1. The van der Waals surface area contributed by atoms with Gasteiger partial charge in [0, 0.05) is 6.54 Å². The fourth-order valence-electron chi connectivity index (χ4n) is 1.53. The molecule has 0 bridgehead atoms. The second kappa shape index (κ2) is 6.75. The minimum Gasteiger partial charge on any atom is -0.496 e. The number of rotatable bonds is 6. The van der Waals surface area contributed by atoms with E-state index in [0.29, 0.717) is 11.3 Å². The number of benzene rings is 1. The van der Waals surface area contributed by atoms with E-state index in [2.05, 4.69) is 17.4 Å². The van der Waals surface area contributed by atoms with Crippen molar-refractivity contribution >= 4 is 5.84 Å². The van der Waals surface area contributed by atoms with Crippen molar-refractivity contribution in [3.63, 3.8) is 0 Å². The first kappa shape index (κ1) is 13.3. The van der Waals surface area contributed by atoms with Crippen molar-refractivity contribution in [3.8, 4) is 5.75 Å². The zero-order chi connectivity index (χ0) is 12.7. The van der Waals surface area contributed by atoms with E-state index in [1.807, 2.05) is 18.2 Å². The zero-order valence-corrected chi connectivity index (χ0v) is 10.2. The van der Waals surface area contributed by atoms with Crippen LogP contribution in [0.25, 0.3) is 0 Å². The molecule has 0 unspecified atom stereocenters. The molecule has 17 heavy (non-hydrogen) atoms. The normalized spacial score (nSPS) is 11.5. The van der Waals surface area contributed by atoms with E-state index in [1.54, 1.807) is 7.11 Å². The second-order valence-electron chi connectivity index (χ2n) is 3.70. The molecule has 0 aliphatic heterocycles. The van der Waals surface area contributed by atoms with E-state index < -0.39 is 0 Å². The summed E-state index contributed by atoms with van der Waals surface area (Å²) in [4.78, 5) is 0. The van der Waals surface area contributed by atoms with E-state index in [9.17, 15) is 0 Å². The average molecular weight is 237 g/mol. The lowest BCUT2D eigenvalue weighted by molar-refractivity contribution is 0.318. The van der Waals surface area contributed by atoms with Crippen molar-refractivity contribution in [2.75, 3.05) is 13.7 Å². The van der Waals surface area contributed by atoms with Gasteiger partial charge in [0.15, 0.2) is 5.84 Å². The first-order chi connectivity index (χ1) is 8.22. The summed E-state index contributed by atoms with van der Waals surface area (Å²) in [5.41, 5.74) is 7.27. The molecule has 0 aliphatic rings. The van der Waals surface area contributed by atoms with Gasteiger partial charge in [0.2, 0.25) is 0 Å². The van der Waals surface area contributed by atoms with Crippen molar-refractivity contribution in [2.24, 2.45) is 10.9 Å². The van der Waals surface area contributed by atoms with Gasteiger partial charge in [0.05, 0.1) is 12.7 Å². The Morgan fingerprint density at radius 2 is 2.29 bits per heavy atom. The number of hydrogen-bond acceptors (Lipinski definition) is 4. The Hall–Kier alpha value is -1.75. The molecule has 4 N–H and O–H groups in total. The lowest BCUT2D eigenvalue weighted by Crippen LogP contribution is -2.17. The maximum Gasteiger partial charge on any atom is 0.173 e. The number of nitrogens with two attached hydrogens (primary N) is 1. The maximum absolute atomic E-state index is 8.70. The summed E-state index contributed by atoms with van der Waals surface area (Å²) in [6, 6.07) is 5.63. The number of hydrogen-bond donors (Lipinski definition) is 3. The second-order valence-corrected chi connectivity index (χ2v) is 3.70. The van der Waals surface area contributed by atoms with Crippen LogP contribution in [0, 0.1) is 0 Å². The average Bonchev–Trinajstić information content (AvgIpc) is 2.38. The van der Waals surface area contributed by atoms with Crippen LogP contribution in [0.5, 0.6) is 5.75 Å². The molecular weight excluding hydrogens is 218 g/mol. The smallest absolute Gasteiger partial charge is 0.173 e. The largest absolute Gasteiger partial charge is 0.496 e. The highest BCUT2D eigenvalue weighted by atomic mass is 16.5. The molecule has 1 rings (SSSR count). The Labute approximate surface area is 101 Å². The summed E-state index contributed by atoms with van der Waals surface area (Å²) in [6.07, 6.45) is 1.09. The topological polar surface area (TPSA) is 79.9 Å². The molecule has 0 saturated carbocycles. The zero-order valence-electron chi connectivity index (χ0n) is 10.2. The third-order valence-electron chi connectivity index (χ3n) is 2.40. The highest BCUT2D eigenvalue weighted by molar-refractivity contribution is 5.99. The van der Waals surface area contributed by atoms with Gasteiger partial charge in [0.1, 0.15) is 5.75 Å². The van der Waals surface area contributed by atoms with Crippen LogP contribution >= 0.6 is 0 Å². The van der Waals surface area contributed by atoms with E-state index in [1.165, 1.54) is 0 Å². The molecule has 0 saturated heterocycles. The number of nitrogens with zero attached hydrogens (tertiary/aromatic N) is 1. The van der Waals surface area contributed by atoms with Crippen LogP contribution in [0.2, 0.25) is 0 Å².